The summed E-state index contributed by atoms with van der Waals surface area (Å²) in [6.45, 7) is 4.27. The van der Waals surface area contributed by atoms with Crippen molar-refractivity contribution >= 4 is 17.3 Å². The molecule has 1 amide bonds. The van der Waals surface area contributed by atoms with Gasteiger partial charge < -0.3 is 15.5 Å². The van der Waals surface area contributed by atoms with Crippen molar-refractivity contribution in [2.45, 2.75) is 19.8 Å². The molecule has 0 unspecified atom stereocenters. The molecular formula is C14H21N3O. The lowest BCUT2D eigenvalue weighted by Gasteiger charge is -2.24. The number of likely N-dealkylation sites (N-methyl/N-ethyl adjacent to an activating group) is 1. The minimum absolute atomic E-state index is 0.214. The van der Waals surface area contributed by atoms with E-state index in [2.05, 4.69) is 0 Å². The first kappa shape index (κ1) is 12.7. The molecule has 0 saturated carbocycles. The number of nitrogens with two attached hydrogens (primary N) is 1. The summed E-state index contributed by atoms with van der Waals surface area (Å²) in [7, 11) is 1.95. The Morgan fingerprint density at radius 2 is 2.06 bits per heavy atom. The molecular weight excluding hydrogens is 226 g/mol. The molecule has 0 aromatic heterocycles. The fourth-order valence-electron chi connectivity index (χ4n) is 2.46. The van der Waals surface area contributed by atoms with Crippen LogP contribution in [0.1, 0.15) is 18.4 Å². The molecule has 1 saturated heterocycles. The highest BCUT2D eigenvalue weighted by molar-refractivity contribution is 5.82. The summed E-state index contributed by atoms with van der Waals surface area (Å²) < 4.78 is 0. The van der Waals surface area contributed by atoms with E-state index in [9.17, 15) is 4.79 Å². The number of hydrogen-bond donors (Lipinski definition) is 1. The highest BCUT2D eigenvalue weighted by Crippen LogP contribution is 2.21. The summed E-state index contributed by atoms with van der Waals surface area (Å²) in [5.41, 5.74) is 8.66. The lowest BCUT2D eigenvalue weighted by atomic mass is 10.1. The molecule has 98 valence electrons. The van der Waals surface area contributed by atoms with Gasteiger partial charge in [-0.2, -0.15) is 0 Å². The van der Waals surface area contributed by atoms with Crippen LogP contribution in [-0.4, -0.2) is 37.5 Å². The Labute approximate surface area is 108 Å². The Morgan fingerprint density at radius 1 is 1.39 bits per heavy atom. The number of carbonyl (C=O) groups excluding carboxylic acids is 1. The first-order chi connectivity index (χ1) is 8.58. The number of anilines is 2. The predicted octanol–water partition coefficient (Wildman–Crippen LogP) is 1.64. The van der Waals surface area contributed by atoms with Gasteiger partial charge in [0, 0.05) is 31.5 Å². The molecule has 1 fully saturated rings. The Kier molecular flexibility index (Phi) is 3.75. The average molecular weight is 247 g/mol. The lowest BCUT2D eigenvalue weighted by molar-refractivity contribution is -0.128. The van der Waals surface area contributed by atoms with E-state index < -0.39 is 0 Å². The minimum Gasteiger partial charge on any atom is -0.399 e. The van der Waals surface area contributed by atoms with Crippen LogP contribution in [0.25, 0.3) is 0 Å². The van der Waals surface area contributed by atoms with Gasteiger partial charge in [0.2, 0.25) is 5.91 Å². The second-order valence-corrected chi connectivity index (χ2v) is 4.99. The van der Waals surface area contributed by atoms with Crippen molar-refractivity contribution in [3.05, 3.63) is 23.8 Å². The van der Waals surface area contributed by atoms with Gasteiger partial charge in [-0.25, -0.2) is 0 Å². The number of nitrogens with zero attached hydrogens (tertiary/aromatic N) is 2. The van der Waals surface area contributed by atoms with E-state index in [-0.39, 0.29) is 5.91 Å². The zero-order valence-electron chi connectivity index (χ0n) is 11.1. The van der Waals surface area contributed by atoms with Crippen molar-refractivity contribution in [1.29, 1.82) is 0 Å². The van der Waals surface area contributed by atoms with Crippen molar-refractivity contribution in [1.82, 2.24) is 4.90 Å². The van der Waals surface area contributed by atoms with Crippen LogP contribution in [-0.2, 0) is 4.79 Å². The van der Waals surface area contributed by atoms with E-state index in [1.54, 1.807) is 0 Å². The Morgan fingerprint density at radius 3 is 2.67 bits per heavy atom. The molecule has 4 heteroatoms. The second kappa shape index (κ2) is 5.29. The van der Waals surface area contributed by atoms with Crippen LogP contribution in [0.4, 0.5) is 11.4 Å². The van der Waals surface area contributed by atoms with Crippen LogP contribution in [0.15, 0.2) is 18.2 Å². The van der Waals surface area contributed by atoms with Crippen molar-refractivity contribution in [3.63, 3.8) is 0 Å². The molecule has 0 aliphatic carbocycles. The highest BCUT2D eigenvalue weighted by Gasteiger charge is 2.19. The number of rotatable bonds is 3. The molecule has 0 atom stereocenters. The van der Waals surface area contributed by atoms with Crippen molar-refractivity contribution in [2.24, 2.45) is 0 Å². The van der Waals surface area contributed by atoms with Gasteiger partial charge in [-0.3, -0.25) is 4.79 Å². The molecule has 2 rings (SSSR count). The smallest absolute Gasteiger partial charge is 0.242 e. The van der Waals surface area contributed by atoms with E-state index >= 15 is 0 Å². The predicted molar refractivity (Wildman–Crippen MR) is 74.7 cm³/mol. The van der Waals surface area contributed by atoms with Crippen LogP contribution >= 0.6 is 0 Å². The number of amides is 1. The van der Waals surface area contributed by atoms with E-state index in [1.165, 1.54) is 0 Å². The molecule has 1 aliphatic heterocycles. The number of likely N-dealkylation sites (tertiary alicyclic amines) is 1. The number of benzene rings is 1. The van der Waals surface area contributed by atoms with Crippen LogP contribution in [0.3, 0.4) is 0 Å². The largest absolute Gasteiger partial charge is 0.399 e. The summed E-state index contributed by atoms with van der Waals surface area (Å²) in [6.07, 6.45) is 2.27. The van der Waals surface area contributed by atoms with E-state index in [1.807, 2.05) is 42.0 Å². The fraction of sp³-hybridized carbons (Fsp3) is 0.500. The molecule has 4 nitrogen and oxygen atoms in total. The van der Waals surface area contributed by atoms with Gasteiger partial charge in [0.05, 0.1) is 6.54 Å². The summed E-state index contributed by atoms with van der Waals surface area (Å²) in [5.74, 6) is 0.214. The summed E-state index contributed by atoms with van der Waals surface area (Å²) >= 11 is 0. The summed E-state index contributed by atoms with van der Waals surface area (Å²) in [6, 6.07) is 5.78. The third-order valence-electron chi connectivity index (χ3n) is 3.46. The van der Waals surface area contributed by atoms with Gasteiger partial charge in [0.1, 0.15) is 0 Å². The van der Waals surface area contributed by atoms with E-state index in [0.29, 0.717) is 6.54 Å². The maximum Gasteiger partial charge on any atom is 0.242 e. The number of aryl methyl sites for hydroxylation is 1. The minimum atomic E-state index is 0.214. The highest BCUT2D eigenvalue weighted by atomic mass is 16.2. The first-order valence-electron chi connectivity index (χ1n) is 6.43. The molecule has 1 aromatic carbocycles. The third-order valence-corrected chi connectivity index (χ3v) is 3.46. The van der Waals surface area contributed by atoms with Crippen LogP contribution in [0.5, 0.6) is 0 Å². The first-order valence-corrected chi connectivity index (χ1v) is 6.43. The molecule has 1 heterocycles. The molecule has 0 bridgehead atoms. The van der Waals surface area contributed by atoms with Gasteiger partial charge in [-0.1, -0.05) is 0 Å². The maximum atomic E-state index is 12.1. The van der Waals surface area contributed by atoms with E-state index in [4.69, 9.17) is 5.73 Å². The molecule has 2 N–H and O–H groups in total. The number of hydrogen-bond acceptors (Lipinski definition) is 3. The Hall–Kier alpha value is -1.71. The topological polar surface area (TPSA) is 49.6 Å². The molecule has 1 aliphatic rings. The normalized spacial score (nSPS) is 14.9. The monoisotopic (exact) mass is 247 g/mol. The van der Waals surface area contributed by atoms with Crippen molar-refractivity contribution in [3.8, 4) is 0 Å². The average Bonchev–Trinajstić information content (AvgIpc) is 2.81. The summed E-state index contributed by atoms with van der Waals surface area (Å²) in [4.78, 5) is 16.0. The van der Waals surface area contributed by atoms with Crippen molar-refractivity contribution < 1.29 is 4.79 Å². The van der Waals surface area contributed by atoms with Gasteiger partial charge >= 0.3 is 0 Å². The molecule has 18 heavy (non-hydrogen) atoms. The standard InChI is InChI=1S/C14H21N3O/c1-11-9-12(15)5-6-13(11)16(2)10-14(18)17-7-3-4-8-17/h5-6,9H,3-4,7-8,10,15H2,1-2H3. The molecule has 0 radical (unpaired) electrons. The number of nitrogen functional groups attached to an aromatic ring is 1. The van der Waals surface area contributed by atoms with Crippen molar-refractivity contribution in [2.75, 3.05) is 37.3 Å². The quantitative estimate of drug-likeness (QED) is 0.826. The SMILES string of the molecule is Cc1cc(N)ccc1N(C)CC(=O)N1CCCC1. The van der Waals surface area contributed by atoms with Gasteiger partial charge in [-0.15, -0.1) is 0 Å². The zero-order valence-corrected chi connectivity index (χ0v) is 11.1. The van der Waals surface area contributed by atoms with Gasteiger partial charge in [-0.05, 0) is 43.5 Å². The maximum absolute atomic E-state index is 12.1. The summed E-state index contributed by atoms with van der Waals surface area (Å²) in [5, 5.41) is 0. The van der Waals surface area contributed by atoms with E-state index in [0.717, 1.165) is 42.9 Å². The number of carbonyl (C=O) groups is 1. The molecule has 0 spiro atoms. The Bertz CT molecular complexity index is 439. The zero-order chi connectivity index (χ0) is 13.1. The Balaban J connectivity index is 2.02. The van der Waals surface area contributed by atoms with Crippen LogP contribution in [0, 0.1) is 6.92 Å². The van der Waals surface area contributed by atoms with Gasteiger partial charge in [0.25, 0.3) is 0 Å². The fourth-order valence-corrected chi connectivity index (χ4v) is 2.46. The second-order valence-electron chi connectivity index (χ2n) is 4.99. The molecule has 1 aromatic rings. The van der Waals surface area contributed by atoms with Crippen LogP contribution in [0.2, 0.25) is 0 Å². The van der Waals surface area contributed by atoms with Gasteiger partial charge in [0.15, 0.2) is 0 Å². The van der Waals surface area contributed by atoms with Crippen LogP contribution < -0.4 is 10.6 Å². The third kappa shape index (κ3) is 2.75. The lowest BCUT2D eigenvalue weighted by Crippen LogP contribution is -2.37.